The van der Waals surface area contributed by atoms with Gasteiger partial charge in [0.1, 0.15) is 5.82 Å². The van der Waals surface area contributed by atoms with Crippen LogP contribution in [0, 0.1) is 5.82 Å². The average Bonchev–Trinajstić information content (AvgIpc) is 2.29. The van der Waals surface area contributed by atoms with E-state index >= 15 is 0 Å². The first-order valence-corrected chi connectivity index (χ1v) is 6.94. The smallest absolute Gasteiger partial charge is 0.317 e. The fourth-order valence-electron chi connectivity index (χ4n) is 2.26. The van der Waals surface area contributed by atoms with Crippen LogP contribution in [0.4, 0.5) is 4.39 Å². The van der Waals surface area contributed by atoms with E-state index in [4.69, 9.17) is 5.11 Å². The normalized spacial score (nSPS) is 17.6. The largest absolute Gasteiger partial charge is 0.480 e. The van der Waals surface area contributed by atoms with Gasteiger partial charge < -0.3 is 5.11 Å². The van der Waals surface area contributed by atoms with Gasteiger partial charge in [-0.2, -0.15) is 0 Å². The maximum Gasteiger partial charge on any atom is 0.317 e. The molecule has 0 aliphatic carbocycles. The van der Waals surface area contributed by atoms with E-state index in [1.54, 1.807) is 0 Å². The van der Waals surface area contributed by atoms with E-state index < -0.39 is 5.97 Å². The minimum Gasteiger partial charge on any atom is -0.480 e. The third-order valence-electron chi connectivity index (χ3n) is 3.15. The molecule has 0 radical (unpaired) electrons. The van der Waals surface area contributed by atoms with Gasteiger partial charge in [-0.3, -0.25) is 14.6 Å². The zero-order valence-corrected chi connectivity index (χ0v) is 12.1. The number of hydrogen-bond donors (Lipinski definition) is 1. The minimum absolute atomic E-state index is 0.0966. The highest BCUT2D eigenvalue weighted by molar-refractivity contribution is 9.10. The molecule has 104 valence electrons. The van der Waals surface area contributed by atoms with Crippen LogP contribution in [0.25, 0.3) is 0 Å². The summed E-state index contributed by atoms with van der Waals surface area (Å²) < 4.78 is 14.0. The predicted octanol–water partition coefficient (Wildman–Crippen LogP) is 1.79. The topological polar surface area (TPSA) is 43.8 Å². The van der Waals surface area contributed by atoms with Gasteiger partial charge in [0.2, 0.25) is 0 Å². The van der Waals surface area contributed by atoms with Crippen molar-refractivity contribution < 1.29 is 14.3 Å². The SMILES string of the molecule is O=C(O)CN1CCN(Cc2cc(F)cc(Br)c2)CC1. The summed E-state index contributed by atoms with van der Waals surface area (Å²) in [5, 5.41) is 8.73. The molecule has 4 nitrogen and oxygen atoms in total. The number of carboxylic acids is 1. The second kappa shape index (κ2) is 6.45. The molecule has 6 heteroatoms. The van der Waals surface area contributed by atoms with Crippen LogP contribution in [0.1, 0.15) is 5.56 Å². The van der Waals surface area contributed by atoms with Crippen LogP contribution in [-0.4, -0.2) is 53.6 Å². The van der Waals surface area contributed by atoms with Crippen LogP contribution in [0.2, 0.25) is 0 Å². The summed E-state index contributed by atoms with van der Waals surface area (Å²) in [6.07, 6.45) is 0. The lowest BCUT2D eigenvalue weighted by molar-refractivity contribution is -0.138. The number of carbonyl (C=O) groups is 1. The Morgan fingerprint density at radius 1 is 1.21 bits per heavy atom. The molecule has 1 heterocycles. The lowest BCUT2D eigenvalue weighted by Crippen LogP contribution is -2.47. The van der Waals surface area contributed by atoms with Crippen LogP contribution in [0.5, 0.6) is 0 Å². The summed E-state index contributed by atoms with van der Waals surface area (Å²) in [6.45, 7) is 3.88. The monoisotopic (exact) mass is 330 g/mol. The highest BCUT2D eigenvalue weighted by atomic mass is 79.9. The van der Waals surface area contributed by atoms with Crippen molar-refractivity contribution in [1.82, 2.24) is 9.80 Å². The lowest BCUT2D eigenvalue weighted by atomic mass is 10.2. The fraction of sp³-hybridized carbons (Fsp3) is 0.462. The van der Waals surface area contributed by atoms with E-state index in [2.05, 4.69) is 20.8 Å². The molecule has 0 atom stereocenters. The van der Waals surface area contributed by atoms with Crippen molar-refractivity contribution in [2.24, 2.45) is 0 Å². The Balaban J connectivity index is 1.86. The van der Waals surface area contributed by atoms with Gasteiger partial charge in [-0.25, -0.2) is 4.39 Å². The molecule has 1 aliphatic rings. The van der Waals surface area contributed by atoms with Crippen molar-refractivity contribution in [3.63, 3.8) is 0 Å². The standard InChI is InChI=1S/C13H16BrFN2O2/c14-11-5-10(6-12(15)7-11)8-16-1-3-17(4-2-16)9-13(18)19/h5-7H,1-4,8-9H2,(H,18,19). The van der Waals surface area contributed by atoms with Gasteiger partial charge in [-0.05, 0) is 23.8 Å². The Labute approximate surface area is 119 Å². The molecule has 1 saturated heterocycles. The number of halogens is 2. The van der Waals surface area contributed by atoms with Crippen LogP contribution in [0.3, 0.4) is 0 Å². The summed E-state index contributed by atoms with van der Waals surface area (Å²) >= 11 is 3.28. The molecule has 1 aliphatic heterocycles. The molecule has 0 spiro atoms. The van der Waals surface area contributed by atoms with Gasteiger partial charge >= 0.3 is 5.97 Å². The molecular formula is C13H16BrFN2O2. The van der Waals surface area contributed by atoms with E-state index in [0.717, 1.165) is 36.2 Å². The van der Waals surface area contributed by atoms with Crippen LogP contribution < -0.4 is 0 Å². The van der Waals surface area contributed by atoms with E-state index in [0.29, 0.717) is 6.54 Å². The molecule has 1 aromatic carbocycles. The number of benzene rings is 1. The molecule has 1 aromatic rings. The Morgan fingerprint density at radius 2 is 1.84 bits per heavy atom. The predicted molar refractivity (Wildman–Crippen MR) is 73.5 cm³/mol. The average molecular weight is 331 g/mol. The molecule has 0 amide bonds. The van der Waals surface area contributed by atoms with E-state index in [9.17, 15) is 9.18 Å². The van der Waals surface area contributed by atoms with Crippen molar-refractivity contribution in [3.8, 4) is 0 Å². The number of rotatable bonds is 4. The number of aliphatic carboxylic acids is 1. The third-order valence-corrected chi connectivity index (χ3v) is 3.61. The van der Waals surface area contributed by atoms with Gasteiger partial charge in [-0.1, -0.05) is 15.9 Å². The summed E-state index contributed by atoms with van der Waals surface area (Å²) in [6, 6.07) is 4.88. The number of carboxylic acid groups (broad SMARTS) is 1. The zero-order valence-electron chi connectivity index (χ0n) is 10.5. The van der Waals surface area contributed by atoms with E-state index in [1.807, 2.05) is 11.0 Å². The number of hydrogen-bond acceptors (Lipinski definition) is 3. The van der Waals surface area contributed by atoms with Crippen molar-refractivity contribution >= 4 is 21.9 Å². The zero-order chi connectivity index (χ0) is 13.8. The molecule has 2 rings (SSSR count). The Morgan fingerprint density at radius 3 is 2.42 bits per heavy atom. The van der Waals surface area contributed by atoms with Crippen LogP contribution in [0.15, 0.2) is 22.7 Å². The summed E-state index contributed by atoms with van der Waals surface area (Å²) in [5.41, 5.74) is 0.929. The van der Waals surface area contributed by atoms with Crippen molar-refractivity contribution in [1.29, 1.82) is 0 Å². The van der Waals surface area contributed by atoms with Gasteiger partial charge in [0.05, 0.1) is 6.54 Å². The highest BCUT2D eigenvalue weighted by Gasteiger charge is 2.18. The second-order valence-electron chi connectivity index (χ2n) is 4.72. The molecule has 0 unspecified atom stereocenters. The minimum atomic E-state index is -0.789. The fourth-order valence-corrected chi connectivity index (χ4v) is 2.77. The van der Waals surface area contributed by atoms with E-state index in [1.165, 1.54) is 12.1 Å². The van der Waals surface area contributed by atoms with Crippen molar-refractivity contribution in [2.45, 2.75) is 6.54 Å². The summed E-state index contributed by atoms with van der Waals surface area (Å²) in [5.74, 6) is -1.03. The number of piperazine rings is 1. The molecule has 0 bridgehead atoms. The van der Waals surface area contributed by atoms with Crippen LogP contribution in [-0.2, 0) is 11.3 Å². The quantitative estimate of drug-likeness (QED) is 0.914. The molecule has 19 heavy (non-hydrogen) atoms. The second-order valence-corrected chi connectivity index (χ2v) is 5.64. The van der Waals surface area contributed by atoms with Gasteiger partial charge in [0, 0.05) is 37.2 Å². The first kappa shape index (κ1) is 14.4. The molecule has 0 saturated carbocycles. The highest BCUT2D eigenvalue weighted by Crippen LogP contribution is 2.17. The molecule has 1 N–H and O–H groups in total. The van der Waals surface area contributed by atoms with Gasteiger partial charge in [0.15, 0.2) is 0 Å². The van der Waals surface area contributed by atoms with Gasteiger partial charge in [-0.15, -0.1) is 0 Å². The Bertz CT molecular complexity index is 442. The first-order chi connectivity index (χ1) is 9.02. The maximum absolute atomic E-state index is 13.3. The first-order valence-electron chi connectivity index (χ1n) is 6.14. The summed E-state index contributed by atoms with van der Waals surface area (Å²) in [7, 11) is 0. The van der Waals surface area contributed by atoms with Crippen LogP contribution >= 0.6 is 15.9 Å². The van der Waals surface area contributed by atoms with E-state index in [-0.39, 0.29) is 12.4 Å². The summed E-state index contributed by atoms with van der Waals surface area (Å²) in [4.78, 5) is 14.7. The maximum atomic E-state index is 13.3. The van der Waals surface area contributed by atoms with Crippen molar-refractivity contribution in [3.05, 3.63) is 34.1 Å². The lowest BCUT2D eigenvalue weighted by Gasteiger charge is -2.33. The Kier molecular flexibility index (Phi) is 4.90. The molecule has 1 fully saturated rings. The molecular weight excluding hydrogens is 315 g/mol. The number of nitrogens with zero attached hydrogens (tertiary/aromatic N) is 2. The Hall–Kier alpha value is -0.980. The molecule has 0 aromatic heterocycles. The van der Waals surface area contributed by atoms with Crippen molar-refractivity contribution in [2.75, 3.05) is 32.7 Å². The van der Waals surface area contributed by atoms with Gasteiger partial charge in [0.25, 0.3) is 0 Å². The third kappa shape index (κ3) is 4.56.